The molecule has 1 aromatic carbocycles. The quantitative estimate of drug-likeness (QED) is 0.666. The molecule has 0 bridgehead atoms. The van der Waals surface area contributed by atoms with E-state index in [0.29, 0.717) is 14.7 Å². The summed E-state index contributed by atoms with van der Waals surface area (Å²) in [4.78, 5) is 0.0671. The molecule has 118 valence electrons. The van der Waals surface area contributed by atoms with Crippen LogP contribution in [0.5, 0.6) is 0 Å². The van der Waals surface area contributed by atoms with Gasteiger partial charge in [-0.2, -0.15) is 16.1 Å². The van der Waals surface area contributed by atoms with Crippen molar-refractivity contribution in [2.75, 3.05) is 24.3 Å². The number of rotatable bonds is 3. The molecular formula is C11H13Br2NO4S3. The van der Waals surface area contributed by atoms with Gasteiger partial charge in [0.15, 0.2) is 9.84 Å². The molecule has 5 nitrogen and oxygen atoms in total. The topological polar surface area (TPSA) is 71.5 Å². The van der Waals surface area contributed by atoms with Crippen molar-refractivity contribution >= 4 is 63.5 Å². The second-order valence-corrected chi connectivity index (χ2v) is 11.5. The number of benzene rings is 1. The summed E-state index contributed by atoms with van der Waals surface area (Å²) in [6.07, 6.45) is 1.07. The maximum absolute atomic E-state index is 12.8. The van der Waals surface area contributed by atoms with Gasteiger partial charge in [-0.15, -0.1) is 0 Å². The van der Waals surface area contributed by atoms with Gasteiger partial charge >= 0.3 is 0 Å². The van der Waals surface area contributed by atoms with E-state index >= 15 is 0 Å². The van der Waals surface area contributed by atoms with Crippen molar-refractivity contribution in [3.8, 4) is 0 Å². The molecule has 0 spiro atoms. The van der Waals surface area contributed by atoms with Crippen LogP contribution in [0.2, 0.25) is 0 Å². The molecule has 1 atom stereocenters. The Morgan fingerprint density at radius 3 is 2.52 bits per heavy atom. The number of sulfone groups is 1. The molecule has 1 unspecified atom stereocenters. The summed E-state index contributed by atoms with van der Waals surface area (Å²) in [5.41, 5.74) is 0. The van der Waals surface area contributed by atoms with Gasteiger partial charge < -0.3 is 0 Å². The van der Waals surface area contributed by atoms with E-state index in [9.17, 15) is 16.8 Å². The Morgan fingerprint density at radius 1 is 1.24 bits per heavy atom. The number of thioether (sulfide) groups is 1. The lowest BCUT2D eigenvalue weighted by Gasteiger charge is -2.33. The second kappa shape index (κ2) is 6.48. The third-order valence-corrected chi connectivity index (χ3v) is 9.18. The molecule has 1 heterocycles. The molecule has 21 heavy (non-hydrogen) atoms. The van der Waals surface area contributed by atoms with Crippen LogP contribution < -0.4 is 0 Å². The van der Waals surface area contributed by atoms with Crippen LogP contribution in [0.3, 0.4) is 0 Å². The predicted molar refractivity (Wildman–Crippen MR) is 91.7 cm³/mol. The smallest absolute Gasteiger partial charge is 0.227 e. The van der Waals surface area contributed by atoms with E-state index in [1.54, 1.807) is 12.1 Å². The van der Waals surface area contributed by atoms with Gasteiger partial charge in [-0.3, -0.25) is 0 Å². The number of nitrogens with zero attached hydrogens (tertiary/aromatic N) is 1. The molecule has 0 aromatic heterocycles. The first-order valence-electron chi connectivity index (χ1n) is 5.87. The summed E-state index contributed by atoms with van der Waals surface area (Å²) in [6.45, 7) is 0.184. The summed E-state index contributed by atoms with van der Waals surface area (Å²) in [7, 11) is -7.37. The van der Waals surface area contributed by atoms with Crippen molar-refractivity contribution in [2.45, 2.75) is 10.3 Å². The van der Waals surface area contributed by atoms with Gasteiger partial charge in [0.05, 0.1) is 4.90 Å². The zero-order chi connectivity index (χ0) is 15.8. The highest BCUT2D eigenvalue weighted by Crippen LogP contribution is 2.32. The molecule has 0 aliphatic carbocycles. The highest BCUT2D eigenvalue weighted by Gasteiger charge is 2.40. The van der Waals surface area contributed by atoms with Crippen LogP contribution in [-0.4, -0.2) is 50.8 Å². The van der Waals surface area contributed by atoms with Crippen molar-refractivity contribution in [3.05, 3.63) is 27.1 Å². The number of sulfonamides is 1. The molecule has 0 saturated carbocycles. The summed E-state index contributed by atoms with van der Waals surface area (Å²) in [5, 5.41) is -1.02. The summed E-state index contributed by atoms with van der Waals surface area (Å²) < 4.78 is 51.5. The molecule has 10 heteroatoms. The van der Waals surface area contributed by atoms with Crippen LogP contribution >= 0.6 is 43.6 Å². The van der Waals surface area contributed by atoms with Crippen molar-refractivity contribution in [1.82, 2.24) is 4.31 Å². The second-order valence-electron chi connectivity index (χ2n) is 4.55. The maximum Gasteiger partial charge on any atom is 0.245 e. The summed E-state index contributed by atoms with van der Waals surface area (Å²) in [6, 6.07) is 4.80. The highest BCUT2D eigenvalue weighted by atomic mass is 79.9. The van der Waals surface area contributed by atoms with E-state index in [1.807, 2.05) is 0 Å². The van der Waals surface area contributed by atoms with Crippen LogP contribution in [0.15, 0.2) is 32.0 Å². The van der Waals surface area contributed by atoms with E-state index in [2.05, 4.69) is 31.9 Å². The van der Waals surface area contributed by atoms with Gasteiger partial charge in [-0.1, -0.05) is 15.9 Å². The Hall–Kier alpha value is 0.390. The molecule has 0 radical (unpaired) electrons. The van der Waals surface area contributed by atoms with E-state index in [0.717, 1.165) is 10.6 Å². The van der Waals surface area contributed by atoms with Crippen LogP contribution in [-0.2, 0) is 19.9 Å². The molecule has 1 saturated heterocycles. The van der Waals surface area contributed by atoms with E-state index < -0.39 is 25.2 Å². The van der Waals surface area contributed by atoms with Crippen molar-refractivity contribution in [1.29, 1.82) is 0 Å². The summed E-state index contributed by atoms with van der Waals surface area (Å²) >= 11 is 7.91. The van der Waals surface area contributed by atoms with Crippen LogP contribution in [0.1, 0.15) is 0 Å². The largest absolute Gasteiger partial charge is 0.245 e. The average molecular weight is 479 g/mol. The lowest BCUT2D eigenvalue weighted by molar-refractivity contribution is 0.404. The molecule has 1 fully saturated rings. The Kier molecular flexibility index (Phi) is 5.48. The third-order valence-electron chi connectivity index (χ3n) is 3.01. The van der Waals surface area contributed by atoms with Crippen LogP contribution in [0, 0.1) is 0 Å². The molecule has 1 aliphatic rings. The highest BCUT2D eigenvalue weighted by molar-refractivity contribution is 9.11. The molecular weight excluding hydrogens is 466 g/mol. The maximum atomic E-state index is 12.8. The Balaban J connectivity index is 2.53. The normalized spacial score (nSPS) is 21.4. The van der Waals surface area contributed by atoms with Crippen molar-refractivity contribution < 1.29 is 16.8 Å². The monoisotopic (exact) mass is 477 g/mol. The fourth-order valence-corrected chi connectivity index (χ4v) is 8.61. The third kappa shape index (κ3) is 3.84. The van der Waals surface area contributed by atoms with Gasteiger partial charge in [0.2, 0.25) is 10.0 Å². The average Bonchev–Trinajstić information content (AvgIpc) is 2.40. The molecule has 1 aliphatic heterocycles. The number of hydrogen-bond acceptors (Lipinski definition) is 5. The van der Waals surface area contributed by atoms with Gasteiger partial charge in [0.25, 0.3) is 0 Å². The SMILES string of the molecule is CS(=O)(=O)C1CSCCN1S(=O)(=O)c1cc(Br)ccc1Br. The summed E-state index contributed by atoms with van der Waals surface area (Å²) in [5.74, 6) is 0.834. The zero-order valence-corrected chi connectivity index (χ0v) is 16.6. The Bertz CT molecular complexity index is 749. The first-order chi connectivity index (χ1) is 9.64. The first-order valence-corrected chi connectivity index (χ1v) is 12.0. The van der Waals surface area contributed by atoms with E-state index in [-0.39, 0.29) is 17.2 Å². The number of halogens is 2. The minimum Gasteiger partial charge on any atom is -0.227 e. The minimum absolute atomic E-state index is 0.0671. The minimum atomic E-state index is -3.88. The van der Waals surface area contributed by atoms with Gasteiger partial charge in [0.1, 0.15) is 5.37 Å². The van der Waals surface area contributed by atoms with Crippen LogP contribution in [0.25, 0.3) is 0 Å². The van der Waals surface area contributed by atoms with Crippen molar-refractivity contribution in [3.63, 3.8) is 0 Å². The van der Waals surface area contributed by atoms with Crippen molar-refractivity contribution in [2.24, 2.45) is 0 Å². The lowest BCUT2D eigenvalue weighted by atomic mass is 10.4. The molecule has 0 N–H and O–H groups in total. The van der Waals surface area contributed by atoms with E-state index in [4.69, 9.17) is 0 Å². The van der Waals surface area contributed by atoms with Gasteiger partial charge in [-0.05, 0) is 34.1 Å². The van der Waals surface area contributed by atoms with Gasteiger partial charge in [-0.25, -0.2) is 16.8 Å². The molecule has 1 aromatic rings. The molecule has 0 amide bonds. The van der Waals surface area contributed by atoms with Gasteiger partial charge in [0, 0.05) is 33.3 Å². The Morgan fingerprint density at radius 2 is 1.90 bits per heavy atom. The standard InChI is InChI=1S/C11H13Br2NO4S3/c1-20(15,16)11-7-19-5-4-14(11)21(17,18)10-6-8(12)2-3-9(10)13/h2-3,6,11H,4-5,7H2,1H3. The fourth-order valence-electron chi connectivity index (χ4n) is 1.98. The molecule has 2 rings (SSSR count). The predicted octanol–water partition coefficient (Wildman–Crippen LogP) is 2.32. The van der Waals surface area contributed by atoms with Crippen LogP contribution in [0.4, 0.5) is 0 Å². The lowest BCUT2D eigenvalue weighted by Crippen LogP contribution is -2.49. The first kappa shape index (κ1) is 17.7. The number of hydrogen-bond donors (Lipinski definition) is 0. The van der Waals surface area contributed by atoms with E-state index in [1.165, 1.54) is 17.8 Å². The Labute approximate surface area is 145 Å². The fraction of sp³-hybridized carbons (Fsp3) is 0.455. The zero-order valence-electron chi connectivity index (χ0n) is 11.0.